The summed E-state index contributed by atoms with van der Waals surface area (Å²) >= 11 is 0. The van der Waals surface area contributed by atoms with Gasteiger partial charge in [-0.05, 0) is 29.4 Å². The molecule has 0 heterocycles. The summed E-state index contributed by atoms with van der Waals surface area (Å²) in [5.74, 6) is 1.26. The van der Waals surface area contributed by atoms with E-state index in [4.69, 9.17) is 9.47 Å². The maximum Gasteiger partial charge on any atom is 0.309 e. The molecule has 158 valence electrons. The van der Waals surface area contributed by atoms with Crippen LogP contribution in [0.1, 0.15) is 39.7 Å². The Morgan fingerprint density at radius 3 is 2.43 bits per heavy atom. The summed E-state index contributed by atoms with van der Waals surface area (Å²) in [5, 5.41) is 0. The number of carbonyl (C=O) groups is 1. The zero-order valence-electron chi connectivity index (χ0n) is 18.4. The smallest absolute Gasteiger partial charge is 0.309 e. The Labute approximate surface area is 180 Å². The largest absolute Gasteiger partial charge is 0.489 e. The molecule has 0 radical (unpaired) electrons. The van der Waals surface area contributed by atoms with Crippen molar-refractivity contribution in [2.45, 2.75) is 34.1 Å². The third-order valence-corrected chi connectivity index (χ3v) is 5.79. The Morgan fingerprint density at radius 1 is 1.00 bits per heavy atom. The quantitative estimate of drug-likeness (QED) is 0.370. The lowest BCUT2D eigenvalue weighted by Crippen LogP contribution is -2.22. The zero-order chi connectivity index (χ0) is 21.5. The number of hydrogen-bond donors (Lipinski definition) is 0. The Morgan fingerprint density at radius 2 is 1.73 bits per heavy atom. The van der Waals surface area contributed by atoms with E-state index in [9.17, 15) is 4.79 Å². The highest BCUT2D eigenvalue weighted by Crippen LogP contribution is 2.40. The minimum Gasteiger partial charge on any atom is -0.489 e. The molecule has 30 heavy (non-hydrogen) atoms. The second-order valence-corrected chi connectivity index (χ2v) is 8.28. The van der Waals surface area contributed by atoms with Crippen molar-refractivity contribution < 1.29 is 14.3 Å². The van der Waals surface area contributed by atoms with Gasteiger partial charge in [0.15, 0.2) is 0 Å². The van der Waals surface area contributed by atoms with Crippen LogP contribution < -0.4 is 4.74 Å². The molecule has 0 amide bonds. The Kier molecular flexibility index (Phi) is 7.51. The molecule has 0 bridgehead atoms. The van der Waals surface area contributed by atoms with Gasteiger partial charge in [0.2, 0.25) is 0 Å². The molecule has 3 heteroatoms. The first kappa shape index (κ1) is 21.9. The molecule has 0 fully saturated rings. The summed E-state index contributed by atoms with van der Waals surface area (Å²) in [6.45, 7) is 8.76. The fraction of sp³-hybridized carbons (Fsp3) is 0.370. The first-order valence-electron chi connectivity index (χ1n) is 10.8. The van der Waals surface area contributed by atoms with Gasteiger partial charge in [0.1, 0.15) is 19.0 Å². The van der Waals surface area contributed by atoms with Gasteiger partial charge in [0.25, 0.3) is 0 Å². The van der Waals surface area contributed by atoms with Gasteiger partial charge in [-0.25, -0.2) is 0 Å². The highest BCUT2D eigenvalue weighted by Gasteiger charge is 2.20. The molecule has 0 saturated carbocycles. The number of esters is 1. The molecule has 0 aliphatic heterocycles. The molecule has 0 saturated heterocycles. The van der Waals surface area contributed by atoms with Crippen LogP contribution in [-0.4, -0.2) is 19.2 Å². The number of carbonyl (C=O) groups excluding carboxylic acids is 1. The summed E-state index contributed by atoms with van der Waals surface area (Å²) < 4.78 is 11.7. The van der Waals surface area contributed by atoms with Gasteiger partial charge >= 0.3 is 5.97 Å². The molecule has 0 aromatic heterocycles. The molecule has 1 aliphatic rings. The third kappa shape index (κ3) is 5.21. The fourth-order valence-corrected chi connectivity index (χ4v) is 3.56. The van der Waals surface area contributed by atoms with Crippen molar-refractivity contribution in [3.8, 4) is 16.9 Å². The van der Waals surface area contributed by atoms with Gasteiger partial charge in [-0.15, -0.1) is 0 Å². The number of rotatable bonds is 8. The molecule has 3 nitrogen and oxygen atoms in total. The molecule has 2 unspecified atom stereocenters. The van der Waals surface area contributed by atoms with Crippen LogP contribution in [0.4, 0.5) is 0 Å². The van der Waals surface area contributed by atoms with E-state index >= 15 is 0 Å². The summed E-state index contributed by atoms with van der Waals surface area (Å²) in [6, 6.07) is 16.6. The molecular weight excluding hydrogens is 372 g/mol. The van der Waals surface area contributed by atoms with E-state index in [1.54, 1.807) is 0 Å². The van der Waals surface area contributed by atoms with Crippen LogP contribution in [0, 0.1) is 17.8 Å². The van der Waals surface area contributed by atoms with Gasteiger partial charge in [-0.1, -0.05) is 94.5 Å². The summed E-state index contributed by atoms with van der Waals surface area (Å²) in [6.07, 6.45) is 7.51. The van der Waals surface area contributed by atoms with Gasteiger partial charge in [-0.3, -0.25) is 4.79 Å². The van der Waals surface area contributed by atoms with Crippen LogP contribution in [-0.2, 0) is 9.53 Å². The summed E-state index contributed by atoms with van der Waals surface area (Å²) in [5.41, 5.74) is 4.54. The van der Waals surface area contributed by atoms with Crippen LogP contribution in [0.15, 0.2) is 66.8 Å². The van der Waals surface area contributed by atoms with Gasteiger partial charge in [0, 0.05) is 11.1 Å². The molecule has 0 spiro atoms. The SMILES string of the molecule is CC1CC=CC=C1c1cccc(-c2ccccc2)c1OCCOC(=O)C(C)C(C)C. The lowest BCUT2D eigenvalue weighted by molar-refractivity contribution is -0.150. The first-order valence-corrected chi connectivity index (χ1v) is 10.8. The van der Waals surface area contributed by atoms with Crippen molar-refractivity contribution in [3.05, 3.63) is 72.3 Å². The predicted molar refractivity (Wildman–Crippen MR) is 123 cm³/mol. The fourth-order valence-electron chi connectivity index (χ4n) is 3.56. The molecule has 2 atom stereocenters. The zero-order valence-corrected chi connectivity index (χ0v) is 18.4. The summed E-state index contributed by atoms with van der Waals surface area (Å²) in [4.78, 5) is 12.1. The van der Waals surface area contributed by atoms with E-state index in [-0.39, 0.29) is 24.4 Å². The van der Waals surface area contributed by atoms with Crippen molar-refractivity contribution >= 4 is 11.5 Å². The first-order chi connectivity index (χ1) is 14.5. The number of para-hydroxylation sites is 1. The second-order valence-electron chi connectivity index (χ2n) is 8.28. The van der Waals surface area contributed by atoms with E-state index < -0.39 is 0 Å². The van der Waals surface area contributed by atoms with Crippen molar-refractivity contribution in [1.82, 2.24) is 0 Å². The molecule has 0 N–H and O–H groups in total. The van der Waals surface area contributed by atoms with E-state index in [0.29, 0.717) is 12.5 Å². The Balaban J connectivity index is 1.84. The average Bonchev–Trinajstić information content (AvgIpc) is 2.77. The minimum atomic E-state index is -0.168. The van der Waals surface area contributed by atoms with E-state index in [1.807, 2.05) is 39.0 Å². The van der Waals surface area contributed by atoms with Crippen LogP contribution in [0.2, 0.25) is 0 Å². The molecule has 1 aliphatic carbocycles. The van der Waals surface area contributed by atoms with E-state index in [0.717, 1.165) is 28.9 Å². The van der Waals surface area contributed by atoms with Crippen LogP contribution in [0.5, 0.6) is 5.75 Å². The van der Waals surface area contributed by atoms with Crippen molar-refractivity contribution in [1.29, 1.82) is 0 Å². The molecule has 2 aromatic rings. The second kappa shape index (κ2) is 10.3. The molecule has 3 rings (SSSR count). The highest BCUT2D eigenvalue weighted by atomic mass is 16.6. The van der Waals surface area contributed by atoms with Crippen LogP contribution >= 0.6 is 0 Å². The third-order valence-electron chi connectivity index (χ3n) is 5.79. The highest BCUT2D eigenvalue weighted by molar-refractivity contribution is 5.82. The van der Waals surface area contributed by atoms with Gasteiger partial charge < -0.3 is 9.47 Å². The van der Waals surface area contributed by atoms with Gasteiger partial charge in [-0.2, -0.15) is 0 Å². The Hall–Kier alpha value is -2.81. The number of hydrogen-bond acceptors (Lipinski definition) is 3. The predicted octanol–water partition coefficient (Wildman–Crippen LogP) is 6.55. The topological polar surface area (TPSA) is 35.5 Å². The van der Waals surface area contributed by atoms with E-state index in [1.165, 1.54) is 5.57 Å². The van der Waals surface area contributed by atoms with E-state index in [2.05, 4.69) is 55.5 Å². The number of allylic oxidation sites excluding steroid dienone is 4. The van der Waals surface area contributed by atoms with Crippen molar-refractivity contribution in [2.75, 3.05) is 13.2 Å². The summed E-state index contributed by atoms with van der Waals surface area (Å²) in [7, 11) is 0. The standard InChI is InChI=1S/C27H32O3/c1-19(2)21(4)27(28)30-18-17-29-26-24(22-12-6-5-7-13-22)15-10-16-25(26)23-14-9-8-11-20(23)3/h5-10,12-16,19-21H,11,17-18H2,1-4H3. The minimum absolute atomic E-state index is 0.114. The number of benzene rings is 2. The lowest BCUT2D eigenvalue weighted by atomic mass is 9.86. The molecule has 2 aromatic carbocycles. The monoisotopic (exact) mass is 404 g/mol. The Bertz CT molecular complexity index is 909. The van der Waals surface area contributed by atoms with Crippen LogP contribution in [0.3, 0.4) is 0 Å². The lowest BCUT2D eigenvalue weighted by Gasteiger charge is -2.23. The average molecular weight is 405 g/mol. The number of ether oxygens (including phenoxy) is 2. The maximum atomic E-state index is 12.1. The van der Waals surface area contributed by atoms with Crippen LogP contribution in [0.25, 0.3) is 16.7 Å². The van der Waals surface area contributed by atoms with Gasteiger partial charge in [0.05, 0.1) is 5.92 Å². The molecular formula is C27H32O3. The maximum absolute atomic E-state index is 12.1. The van der Waals surface area contributed by atoms with Crippen molar-refractivity contribution in [3.63, 3.8) is 0 Å². The normalized spacial score (nSPS) is 16.8. The van der Waals surface area contributed by atoms with Crippen molar-refractivity contribution in [2.24, 2.45) is 17.8 Å².